The Hall–Kier alpha value is -0.820. The molecule has 1 heterocycles. The van der Waals surface area contributed by atoms with Crippen molar-refractivity contribution in [2.75, 3.05) is 13.1 Å². The van der Waals surface area contributed by atoms with Gasteiger partial charge >= 0.3 is 0 Å². The molecule has 1 atom stereocenters. The lowest BCUT2D eigenvalue weighted by Crippen LogP contribution is -2.41. The van der Waals surface area contributed by atoms with Gasteiger partial charge in [-0.2, -0.15) is 0 Å². The highest BCUT2D eigenvalue weighted by molar-refractivity contribution is 7.09. The third-order valence-corrected chi connectivity index (χ3v) is 4.03. The quantitative estimate of drug-likeness (QED) is 0.588. The van der Waals surface area contributed by atoms with Crippen molar-refractivity contribution in [2.24, 2.45) is 0 Å². The van der Waals surface area contributed by atoms with Gasteiger partial charge in [0.05, 0.1) is 6.54 Å². The van der Waals surface area contributed by atoms with Crippen LogP contribution >= 0.6 is 11.3 Å². The molecule has 1 N–H and O–H groups in total. The molecule has 1 aromatic heterocycles. The first kappa shape index (κ1) is 12.6. The van der Waals surface area contributed by atoms with Gasteiger partial charge in [0, 0.05) is 30.1 Å². The molecule has 0 radical (unpaired) electrons. The molecular weight excluding hydrogens is 228 g/mol. The zero-order valence-corrected chi connectivity index (χ0v) is 11.2. The van der Waals surface area contributed by atoms with Crippen LogP contribution in [0.3, 0.4) is 0 Å². The monoisotopic (exact) mass is 248 g/mol. The summed E-state index contributed by atoms with van der Waals surface area (Å²) in [5, 5.41) is 5.46. The van der Waals surface area contributed by atoms with E-state index in [4.69, 9.17) is 6.42 Å². The summed E-state index contributed by atoms with van der Waals surface area (Å²) in [4.78, 5) is 4.07. The van der Waals surface area contributed by atoms with E-state index in [9.17, 15) is 0 Å². The van der Waals surface area contributed by atoms with Crippen molar-refractivity contribution in [3.05, 3.63) is 22.4 Å². The standard InChI is InChI=1S/C14H20N2S/c1-3-8-15-10-12(2)16(13-6-7-13)11-14-5-4-9-17-14/h1,4-5,9,12-13,15H,6-8,10-11H2,2H3. The van der Waals surface area contributed by atoms with Crippen LogP contribution in [0.2, 0.25) is 0 Å². The SMILES string of the molecule is C#CCNCC(C)N(Cc1cccs1)C1CC1. The average molecular weight is 248 g/mol. The summed E-state index contributed by atoms with van der Waals surface area (Å²) < 4.78 is 0. The van der Waals surface area contributed by atoms with Crippen LogP contribution in [-0.4, -0.2) is 30.1 Å². The van der Waals surface area contributed by atoms with E-state index in [0.29, 0.717) is 12.6 Å². The summed E-state index contributed by atoms with van der Waals surface area (Å²) in [6, 6.07) is 5.70. The molecule has 0 aliphatic heterocycles. The Balaban J connectivity index is 1.86. The molecule has 2 nitrogen and oxygen atoms in total. The van der Waals surface area contributed by atoms with Crippen molar-refractivity contribution in [3.8, 4) is 12.3 Å². The highest BCUT2D eigenvalue weighted by Gasteiger charge is 2.31. The van der Waals surface area contributed by atoms with Crippen LogP contribution in [0.4, 0.5) is 0 Å². The lowest BCUT2D eigenvalue weighted by atomic mass is 10.2. The Bertz CT molecular complexity index is 362. The van der Waals surface area contributed by atoms with Gasteiger partial charge in [-0.15, -0.1) is 17.8 Å². The maximum atomic E-state index is 5.25. The maximum Gasteiger partial charge on any atom is 0.0574 e. The molecule has 0 aromatic carbocycles. The molecule has 0 bridgehead atoms. The Labute approximate surface area is 108 Å². The van der Waals surface area contributed by atoms with Crippen LogP contribution in [0.15, 0.2) is 17.5 Å². The van der Waals surface area contributed by atoms with Gasteiger partial charge in [0.25, 0.3) is 0 Å². The van der Waals surface area contributed by atoms with Gasteiger partial charge in [0.1, 0.15) is 0 Å². The summed E-state index contributed by atoms with van der Waals surface area (Å²) in [7, 11) is 0. The zero-order chi connectivity index (χ0) is 12.1. The summed E-state index contributed by atoms with van der Waals surface area (Å²) >= 11 is 1.85. The number of rotatable bonds is 7. The molecule has 0 spiro atoms. The topological polar surface area (TPSA) is 15.3 Å². The Morgan fingerprint density at radius 2 is 2.47 bits per heavy atom. The molecule has 1 fully saturated rings. The van der Waals surface area contributed by atoms with Crippen molar-refractivity contribution < 1.29 is 0 Å². The van der Waals surface area contributed by atoms with E-state index >= 15 is 0 Å². The summed E-state index contributed by atoms with van der Waals surface area (Å²) in [5.41, 5.74) is 0. The summed E-state index contributed by atoms with van der Waals surface area (Å²) in [6.07, 6.45) is 7.95. The molecule has 1 unspecified atom stereocenters. The molecular formula is C14H20N2S. The van der Waals surface area contributed by atoms with Gasteiger partial charge < -0.3 is 5.32 Å². The number of thiophene rings is 1. The molecule has 3 heteroatoms. The van der Waals surface area contributed by atoms with Gasteiger partial charge in [-0.1, -0.05) is 12.0 Å². The van der Waals surface area contributed by atoms with E-state index in [2.05, 4.69) is 40.6 Å². The molecule has 1 aromatic rings. The first-order valence-electron chi connectivity index (χ1n) is 6.23. The number of hydrogen-bond acceptors (Lipinski definition) is 3. The third kappa shape index (κ3) is 3.85. The molecule has 1 aliphatic carbocycles. The number of nitrogens with one attached hydrogen (secondary N) is 1. The molecule has 2 rings (SSSR count). The van der Waals surface area contributed by atoms with Crippen LogP contribution < -0.4 is 5.32 Å². The second-order valence-corrected chi connectivity index (χ2v) is 5.70. The first-order chi connectivity index (χ1) is 8.31. The van der Waals surface area contributed by atoms with Crippen molar-refractivity contribution in [1.29, 1.82) is 0 Å². The Morgan fingerprint density at radius 1 is 1.65 bits per heavy atom. The minimum absolute atomic E-state index is 0.554. The highest BCUT2D eigenvalue weighted by atomic mass is 32.1. The molecule has 0 saturated heterocycles. The fourth-order valence-electron chi connectivity index (χ4n) is 2.10. The van der Waals surface area contributed by atoms with Crippen LogP contribution in [-0.2, 0) is 6.54 Å². The van der Waals surface area contributed by atoms with Crippen LogP contribution in [0.25, 0.3) is 0 Å². The normalized spacial score (nSPS) is 17.0. The van der Waals surface area contributed by atoms with Gasteiger partial charge in [0.2, 0.25) is 0 Å². The highest BCUT2D eigenvalue weighted by Crippen LogP contribution is 2.30. The second kappa shape index (κ2) is 6.20. The summed E-state index contributed by atoms with van der Waals surface area (Å²) in [6.45, 7) is 5.02. The van der Waals surface area contributed by atoms with Crippen molar-refractivity contribution in [1.82, 2.24) is 10.2 Å². The number of hydrogen-bond donors (Lipinski definition) is 1. The van der Waals surface area contributed by atoms with Crippen LogP contribution in [0, 0.1) is 12.3 Å². The second-order valence-electron chi connectivity index (χ2n) is 4.67. The minimum atomic E-state index is 0.554. The fourth-order valence-corrected chi connectivity index (χ4v) is 2.82. The molecule has 92 valence electrons. The molecule has 1 aliphatic rings. The van der Waals surface area contributed by atoms with Gasteiger partial charge in [-0.05, 0) is 31.2 Å². The van der Waals surface area contributed by atoms with Crippen molar-refractivity contribution in [3.63, 3.8) is 0 Å². The first-order valence-corrected chi connectivity index (χ1v) is 7.11. The van der Waals surface area contributed by atoms with E-state index in [1.807, 2.05) is 11.3 Å². The molecule has 0 amide bonds. The van der Waals surface area contributed by atoms with Gasteiger partial charge in [-0.25, -0.2) is 0 Å². The van der Waals surface area contributed by atoms with Crippen LogP contribution in [0.5, 0.6) is 0 Å². The number of terminal acetylenes is 1. The average Bonchev–Trinajstić information content (AvgIpc) is 3.03. The van der Waals surface area contributed by atoms with E-state index in [1.54, 1.807) is 0 Å². The Kier molecular flexibility index (Phi) is 4.61. The van der Waals surface area contributed by atoms with Crippen molar-refractivity contribution >= 4 is 11.3 Å². The van der Waals surface area contributed by atoms with Crippen LogP contribution in [0.1, 0.15) is 24.6 Å². The van der Waals surface area contributed by atoms with Crippen molar-refractivity contribution in [2.45, 2.75) is 38.4 Å². The van der Waals surface area contributed by atoms with E-state index in [0.717, 1.165) is 19.1 Å². The Morgan fingerprint density at radius 3 is 3.06 bits per heavy atom. The number of nitrogens with zero attached hydrogens (tertiary/aromatic N) is 1. The van der Waals surface area contributed by atoms with Gasteiger partial charge in [-0.3, -0.25) is 4.90 Å². The zero-order valence-electron chi connectivity index (χ0n) is 10.4. The maximum absolute atomic E-state index is 5.25. The summed E-state index contributed by atoms with van der Waals surface area (Å²) in [5.74, 6) is 2.62. The lowest BCUT2D eigenvalue weighted by Gasteiger charge is -2.28. The molecule has 17 heavy (non-hydrogen) atoms. The third-order valence-electron chi connectivity index (χ3n) is 3.17. The van der Waals surface area contributed by atoms with E-state index < -0.39 is 0 Å². The van der Waals surface area contributed by atoms with E-state index in [-0.39, 0.29) is 0 Å². The smallest absolute Gasteiger partial charge is 0.0574 e. The predicted molar refractivity (Wildman–Crippen MR) is 74.0 cm³/mol. The van der Waals surface area contributed by atoms with Gasteiger partial charge in [0.15, 0.2) is 0 Å². The largest absolute Gasteiger partial charge is 0.305 e. The minimum Gasteiger partial charge on any atom is -0.305 e. The molecule has 1 saturated carbocycles. The van der Waals surface area contributed by atoms with E-state index in [1.165, 1.54) is 17.7 Å². The fraction of sp³-hybridized carbons (Fsp3) is 0.571. The predicted octanol–water partition coefficient (Wildman–Crippen LogP) is 2.32. The lowest BCUT2D eigenvalue weighted by molar-refractivity contribution is 0.188.